The quantitative estimate of drug-likeness (QED) is 0.783. The second-order valence-corrected chi connectivity index (χ2v) is 3.66. The summed E-state index contributed by atoms with van der Waals surface area (Å²) < 4.78 is 10.5. The summed E-state index contributed by atoms with van der Waals surface area (Å²) in [4.78, 5) is 0. The van der Waals surface area contributed by atoms with Gasteiger partial charge in [0.15, 0.2) is 11.5 Å². The van der Waals surface area contributed by atoms with Gasteiger partial charge in [-0.25, -0.2) is 5.48 Å². The predicted molar refractivity (Wildman–Crippen MR) is 62.6 cm³/mol. The minimum atomic E-state index is 0.323. The third-order valence-electron chi connectivity index (χ3n) is 2.42. The number of hydrogen-bond donors (Lipinski definition) is 2. The van der Waals surface area contributed by atoms with Crippen LogP contribution >= 0.6 is 11.6 Å². The van der Waals surface area contributed by atoms with Crippen LogP contribution in [-0.2, 0) is 13.0 Å². The smallest absolute Gasteiger partial charge is 0.179 e. The molecule has 4 nitrogen and oxygen atoms in total. The van der Waals surface area contributed by atoms with E-state index in [1.165, 1.54) is 0 Å². The molecule has 0 aliphatic rings. The lowest BCUT2D eigenvalue weighted by molar-refractivity contribution is 0.161. The number of hydroxylamine groups is 1. The molecule has 2 N–H and O–H groups in total. The molecule has 5 heteroatoms. The van der Waals surface area contributed by atoms with E-state index >= 15 is 0 Å². The summed E-state index contributed by atoms with van der Waals surface area (Å²) in [5.41, 5.74) is 3.99. The SMILES string of the molecule is CCc1c(CNO)cc(Cl)c(OC)c1OC. The minimum absolute atomic E-state index is 0.323. The number of halogens is 1. The van der Waals surface area contributed by atoms with E-state index < -0.39 is 0 Å². The molecule has 0 atom stereocenters. The monoisotopic (exact) mass is 245 g/mol. The fourth-order valence-corrected chi connectivity index (χ4v) is 2.03. The molecule has 0 bridgehead atoms. The molecule has 16 heavy (non-hydrogen) atoms. The molecular weight excluding hydrogens is 230 g/mol. The Kier molecular flexibility index (Phi) is 4.86. The normalized spacial score (nSPS) is 10.3. The van der Waals surface area contributed by atoms with E-state index in [0.29, 0.717) is 23.1 Å². The Hall–Kier alpha value is -0.970. The van der Waals surface area contributed by atoms with Gasteiger partial charge in [0.1, 0.15) is 0 Å². The molecule has 0 saturated heterocycles. The maximum atomic E-state index is 8.76. The van der Waals surface area contributed by atoms with E-state index in [1.54, 1.807) is 20.3 Å². The van der Waals surface area contributed by atoms with Crippen LogP contribution in [0.2, 0.25) is 5.02 Å². The topological polar surface area (TPSA) is 50.7 Å². The average molecular weight is 246 g/mol. The van der Waals surface area contributed by atoms with Crippen LogP contribution in [-0.4, -0.2) is 19.4 Å². The molecule has 1 rings (SSSR count). The first-order chi connectivity index (χ1) is 7.69. The molecule has 0 amide bonds. The van der Waals surface area contributed by atoms with Crippen molar-refractivity contribution in [2.45, 2.75) is 19.9 Å². The second-order valence-electron chi connectivity index (χ2n) is 3.25. The lowest BCUT2D eigenvalue weighted by Gasteiger charge is -2.17. The van der Waals surface area contributed by atoms with Crippen molar-refractivity contribution in [3.63, 3.8) is 0 Å². The van der Waals surface area contributed by atoms with E-state index in [2.05, 4.69) is 5.48 Å². The summed E-state index contributed by atoms with van der Waals surface area (Å²) in [6, 6.07) is 1.77. The Morgan fingerprint density at radius 2 is 1.94 bits per heavy atom. The number of rotatable bonds is 5. The van der Waals surface area contributed by atoms with E-state index in [9.17, 15) is 0 Å². The molecule has 0 aliphatic heterocycles. The molecule has 1 aromatic rings. The van der Waals surface area contributed by atoms with Gasteiger partial charge in [0.05, 0.1) is 19.2 Å². The average Bonchev–Trinajstić information content (AvgIpc) is 2.28. The molecule has 0 saturated carbocycles. The Balaban J connectivity index is 3.37. The second kappa shape index (κ2) is 5.94. The van der Waals surface area contributed by atoms with Crippen LogP contribution in [0, 0.1) is 0 Å². The summed E-state index contributed by atoms with van der Waals surface area (Å²) in [6.45, 7) is 2.33. The van der Waals surface area contributed by atoms with Gasteiger partial charge in [-0.15, -0.1) is 0 Å². The van der Waals surface area contributed by atoms with E-state index in [-0.39, 0.29) is 0 Å². The van der Waals surface area contributed by atoms with Gasteiger partial charge in [0.2, 0.25) is 0 Å². The molecule has 0 unspecified atom stereocenters. The number of hydrogen-bond acceptors (Lipinski definition) is 4. The summed E-state index contributed by atoms with van der Waals surface area (Å²) in [6.07, 6.45) is 0.772. The molecule has 0 spiro atoms. The highest BCUT2D eigenvalue weighted by molar-refractivity contribution is 6.32. The standard InChI is InChI=1S/C11H16ClNO3/c1-4-8-7(6-13-14)5-9(12)11(16-3)10(8)15-2/h5,13-14H,4,6H2,1-3H3. The summed E-state index contributed by atoms with van der Waals surface area (Å²) >= 11 is 6.06. The van der Waals surface area contributed by atoms with Gasteiger partial charge in [-0.1, -0.05) is 18.5 Å². The van der Waals surface area contributed by atoms with Crippen molar-refractivity contribution in [3.8, 4) is 11.5 Å². The Bertz CT molecular complexity index is 369. The Labute approximate surface area is 100 Å². The Morgan fingerprint density at radius 1 is 1.31 bits per heavy atom. The van der Waals surface area contributed by atoms with Gasteiger partial charge in [-0.05, 0) is 18.1 Å². The Morgan fingerprint density at radius 3 is 2.38 bits per heavy atom. The van der Waals surface area contributed by atoms with Crippen LogP contribution in [0.25, 0.3) is 0 Å². The van der Waals surface area contributed by atoms with Crippen LogP contribution < -0.4 is 15.0 Å². The van der Waals surface area contributed by atoms with Crippen LogP contribution in [0.4, 0.5) is 0 Å². The summed E-state index contributed by atoms with van der Waals surface area (Å²) in [5, 5.41) is 9.23. The highest BCUT2D eigenvalue weighted by Gasteiger charge is 2.17. The summed E-state index contributed by atoms with van der Waals surface area (Å²) in [7, 11) is 3.12. The fraction of sp³-hybridized carbons (Fsp3) is 0.455. The van der Waals surface area contributed by atoms with E-state index in [1.807, 2.05) is 6.92 Å². The third kappa shape index (κ3) is 2.40. The van der Waals surface area contributed by atoms with Crippen molar-refractivity contribution in [1.82, 2.24) is 5.48 Å². The highest BCUT2D eigenvalue weighted by atomic mass is 35.5. The minimum Gasteiger partial charge on any atom is -0.493 e. The van der Waals surface area contributed by atoms with Crippen molar-refractivity contribution >= 4 is 11.6 Å². The van der Waals surface area contributed by atoms with Gasteiger partial charge in [-0.2, -0.15) is 0 Å². The lowest BCUT2D eigenvalue weighted by Crippen LogP contribution is -2.10. The van der Waals surface area contributed by atoms with E-state index in [0.717, 1.165) is 17.5 Å². The summed E-state index contributed by atoms with van der Waals surface area (Å²) in [5.74, 6) is 1.16. The maximum absolute atomic E-state index is 8.76. The van der Waals surface area contributed by atoms with Crippen LogP contribution in [0.5, 0.6) is 11.5 Å². The van der Waals surface area contributed by atoms with Crippen LogP contribution in [0.3, 0.4) is 0 Å². The van der Waals surface area contributed by atoms with Crippen molar-refractivity contribution < 1.29 is 14.7 Å². The first kappa shape index (κ1) is 13.1. The number of ether oxygens (including phenoxy) is 2. The first-order valence-electron chi connectivity index (χ1n) is 4.98. The largest absolute Gasteiger partial charge is 0.493 e. The van der Waals surface area contributed by atoms with Gasteiger partial charge >= 0.3 is 0 Å². The van der Waals surface area contributed by atoms with Crippen molar-refractivity contribution in [1.29, 1.82) is 0 Å². The number of nitrogens with one attached hydrogen (secondary N) is 1. The molecule has 1 aromatic carbocycles. The molecule has 0 radical (unpaired) electrons. The van der Waals surface area contributed by atoms with Crippen LogP contribution in [0.1, 0.15) is 18.1 Å². The molecule has 0 heterocycles. The van der Waals surface area contributed by atoms with Crippen molar-refractivity contribution in [3.05, 3.63) is 22.2 Å². The van der Waals surface area contributed by atoms with Gasteiger partial charge < -0.3 is 14.7 Å². The van der Waals surface area contributed by atoms with E-state index in [4.69, 9.17) is 26.3 Å². The molecular formula is C11H16ClNO3. The first-order valence-corrected chi connectivity index (χ1v) is 5.36. The predicted octanol–water partition coefficient (Wildman–Crippen LogP) is 2.40. The number of methoxy groups -OCH3 is 2. The number of benzene rings is 1. The highest BCUT2D eigenvalue weighted by Crippen LogP contribution is 2.40. The van der Waals surface area contributed by atoms with Crippen molar-refractivity contribution in [2.75, 3.05) is 14.2 Å². The molecule has 0 fully saturated rings. The zero-order valence-electron chi connectivity index (χ0n) is 9.63. The van der Waals surface area contributed by atoms with Gasteiger partial charge in [0.25, 0.3) is 0 Å². The molecule has 90 valence electrons. The van der Waals surface area contributed by atoms with Crippen molar-refractivity contribution in [2.24, 2.45) is 0 Å². The molecule has 0 aliphatic carbocycles. The zero-order chi connectivity index (χ0) is 12.1. The fourth-order valence-electron chi connectivity index (χ4n) is 1.73. The van der Waals surface area contributed by atoms with Crippen LogP contribution in [0.15, 0.2) is 6.07 Å². The third-order valence-corrected chi connectivity index (χ3v) is 2.70. The maximum Gasteiger partial charge on any atom is 0.179 e. The zero-order valence-corrected chi connectivity index (χ0v) is 10.4. The molecule has 0 aromatic heterocycles. The van der Waals surface area contributed by atoms with Gasteiger partial charge in [0, 0.05) is 12.1 Å². The van der Waals surface area contributed by atoms with Gasteiger partial charge in [-0.3, -0.25) is 0 Å². The lowest BCUT2D eigenvalue weighted by atomic mass is 10.0.